The molecule has 0 saturated carbocycles. The number of hydrogen-bond acceptors (Lipinski definition) is 6. The number of hydrogen-bond donors (Lipinski definition) is 0. The Balaban J connectivity index is 1.14. The van der Waals surface area contributed by atoms with E-state index in [0.717, 1.165) is 37.5 Å². The van der Waals surface area contributed by atoms with Crippen molar-refractivity contribution in [1.29, 1.82) is 0 Å². The molecule has 10 rings (SSSR count). The maximum absolute atomic E-state index is 5.29. The van der Waals surface area contributed by atoms with Gasteiger partial charge in [-0.3, -0.25) is 0 Å². The molecule has 0 aliphatic heterocycles. The molecular formula is C43H28N4S2. The predicted octanol–water partition coefficient (Wildman–Crippen LogP) is 11.8. The van der Waals surface area contributed by atoms with Crippen LogP contribution in [-0.2, 0) is 5.41 Å². The number of nitrogens with zero attached hydrogens (tertiary/aromatic N) is 4. The van der Waals surface area contributed by atoms with Gasteiger partial charge < -0.3 is 0 Å². The molecule has 4 nitrogen and oxygen atoms in total. The first kappa shape index (κ1) is 28.5. The fourth-order valence-electron chi connectivity index (χ4n) is 7.35. The van der Waals surface area contributed by atoms with E-state index in [1.54, 1.807) is 22.7 Å². The number of benzene rings is 6. The summed E-state index contributed by atoms with van der Waals surface area (Å²) in [5.41, 5.74) is 10.2. The minimum atomic E-state index is -0.0732. The van der Waals surface area contributed by atoms with E-state index in [9.17, 15) is 0 Å². The van der Waals surface area contributed by atoms with Gasteiger partial charge in [0.25, 0.3) is 0 Å². The molecule has 0 atom stereocenters. The Hall–Kier alpha value is -5.56. The highest BCUT2D eigenvalue weighted by Crippen LogP contribution is 2.50. The summed E-state index contributed by atoms with van der Waals surface area (Å²) in [5, 5.41) is 3.46. The van der Waals surface area contributed by atoms with Crippen LogP contribution < -0.4 is 0 Å². The van der Waals surface area contributed by atoms with Crippen LogP contribution in [0.2, 0.25) is 0 Å². The molecule has 0 amide bonds. The van der Waals surface area contributed by atoms with Gasteiger partial charge >= 0.3 is 0 Å². The van der Waals surface area contributed by atoms with Crippen molar-refractivity contribution in [2.45, 2.75) is 19.3 Å². The van der Waals surface area contributed by atoms with Crippen LogP contribution in [-0.4, -0.2) is 19.9 Å². The second kappa shape index (κ2) is 10.7. The number of thiophene rings is 1. The van der Waals surface area contributed by atoms with Crippen LogP contribution >= 0.6 is 22.7 Å². The first-order valence-electron chi connectivity index (χ1n) is 16.4. The minimum absolute atomic E-state index is 0.0732. The lowest BCUT2D eigenvalue weighted by molar-refractivity contribution is 0.660. The minimum Gasteiger partial charge on any atom is -0.235 e. The van der Waals surface area contributed by atoms with Gasteiger partial charge in [-0.2, -0.15) is 0 Å². The molecule has 3 heterocycles. The summed E-state index contributed by atoms with van der Waals surface area (Å²) in [7, 11) is 0. The highest BCUT2D eigenvalue weighted by molar-refractivity contribution is 7.26. The summed E-state index contributed by atoms with van der Waals surface area (Å²) in [6, 6.07) is 47.0. The monoisotopic (exact) mass is 664 g/mol. The number of thiazole rings is 1. The summed E-state index contributed by atoms with van der Waals surface area (Å²) in [4.78, 5) is 20.6. The van der Waals surface area contributed by atoms with Gasteiger partial charge in [0, 0.05) is 47.8 Å². The normalized spacial score (nSPS) is 13.3. The van der Waals surface area contributed by atoms with E-state index in [2.05, 4.69) is 129 Å². The Morgan fingerprint density at radius 3 is 2.00 bits per heavy atom. The zero-order valence-electron chi connectivity index (χ0n) is 26.8. The van der Waals surface area contributed by atoms with E-state index in [1.807, 2.05) is 18.2 Å². The first-order valence-corrected chi connectivity index (χ1v) is 18.0. The van der Waals surface area contributed by atoms with Crippen molar-refractivity contribution in [3.8, 4) is 55.9 Å². The molecule has 1 aliphatic carbocycles. The third-order valence-electron chi connectivity index (χ3n) is 9.80. The molecule has 0 radical (unpaired) electrons. The van der Waals surface area contributed by atoms with Crippen LogP contribution in [0.15, 0.2) is 133 Å². The average Bonchev–Trinajstić information content (AvgIpc) is 3.82. The SMILES string of the molecule is CC1(C)c2ccccc2-c2ccc(-c3nc4c(-c5nc(-c6ccccc6)nc(-c6cccc7c6sc6ccccc67)n5)cccc4s3)cc21. The van der Waals surface area contributed by atoms with Crippen molar-refractivity contribution < 1.29 is 0 Å². The summed E-state index contributed by atoms with van der Waals surface area (Å²) in [6.45, 7) is 4.64. The van der Waals surface area contributed by atoms with Gasteiger partial charge in [-0.1, -0.05) is 117 Å². The Bertz CT molecular complexity index is 2760. The highest BCUT2D eigenvalue weighted by atomic mass is 32.1. The van der Waals surface area contributed by atoms with E-state index in [0.29, 0.717) is 17.5 Å². The van der Waals surface area contributed by atoms with Crippen LogP contribution in [0.25, 0.3) is 86.3 Å². The lowest BCUT2D eigenvalue weighted by Gasteiger charge is -2.21. The Morgan fingerprint density at radius 2 is 1.10 bits per heavy atom. The van der Waals surface area contributed by atoms with Crippen molar-refractivity contribution >= 4 is 53.1 Å². The second-order valence-corrected chi connectivity index (χ2v) is 15.1. The molecule has 3 aromatic heterocycles. The van der Waals surface area contributed by atoms with Gasteiger partial charge in [0.1, 0.15) is 5.01 Å². The standard InChI is InChI=1S/C43H28N4S2/c1-43(2)33-19-8-6-14-27(33)28-23-22-26(24-34(28)43)42-44-37-31(17-11-21-36(37)49-42)40-45-39(25-12-4-3-5-13-25)46-41(47-40)32-18-10-16-30-29-15-7-9-20-35(29)48-38(30)32/h3-24H,1-2H3. The molecule has 0 spiro atoms. The third kappa shape index (κ3) is 4.41. The van der Waals surface area contributed by atoms with Gasteiger partial charge in [0.15, 0.2) is 17.5 Å². The van der Waals surface area contributed by atoms with Gasteiger partial charge in [-0.15, -0.1) is 22.7 Å². The molecule has 0 unspecified atom stereocenters. The summed E-state index contributed by atoms with van der Waals surface area (Å²) in [5.74, 6) is 1.93. The molecule has 6 heteroatoms. The largest absolute Gasteiger partial charge is 0.235 e. The maximum Gasteiger partial charge on any atom is 0.166 e. The lowest BCUT2D eigenvalue weighted by atomic mass is 9.82. The van der Waals surface area contributed by atoms with Crippen molar-refractivity contribution in [3.05, 3.63) is 145 Å². The number of aromatic nitrogens is 4. The van der Waals surface area contributed by atoms with Crippen molar-refractivity contribution in [3.63, 3.8) is 0 Å². The fraction of sp³-hybridized carbons (Fsp3) is 0.0698. The van der Waals surface area contributed by atoms with E-state index in [4.69, 9.17) is 19.9 Å². The highest BCUT2D eigenvalue weighted by Gasteiger charge is 2.35. The topological polar surface area (TPSA) is 51.6 Å². The summed E-state index contributed by atoms with van der Waals surface area (Å²) >= 11 is 3.50. The number of fused-ring (bicyclic) bond motifs is 7. The Morgan fingerprint density at radius 1 is 0.449 bits per heavy atom. The van der Waals surface area contributed by atoms with Gasteiger partial charge in [0.05, 0.1) is 10.2 Å². The fourth-order valence-corrected chi connectivity index (χ4v) is 9.55. The molecule has 232 valence electrons. The molecule has 0 bridgehead atoms. The third-order valence-corrected chi connectivity index (χ3v) is 12.1. The van der Waals surface area contributed by atoms with Crippen molar-refractivity contribution in [2.75, 3.05) is 0 Å². The zero-order chi connectivity index (χ0) is 32.7. The quantitative estimate of drug-likeness (QED) is 0.188. The molecule has 1 aliphatic rings. The molecule has 0 saturated heterocycles. The molecule has 0 N–H and O–H groups in total. The zero-order valence-corrected chi connectivity index (χ0v) is 28.4. The van der Waals surface area contributed by atoms with Gasteiger partial charge in [-0.05, 0) is 52.6 Å². The Labute approximate surface area is 291 Å². The average molecular weight is 665 g/mol. The lowest BCUT2D eigenvalue weighted by Crippen LogP contribution is -2.14. The van der Waals surface area contributed by atoms with Crippen LogP contribution in [0.4, 0.5) is 0 Å². The van der Waals surface area contributed by atoms with Gasteiger partial charge in [-0.25, -0.2) is 19.9 Å². The Kier molecular flexibility index (Phi) is 6.23. The molecule has 6 aromatic carbocycles. The van der Waals surface area contributed by atoms with Crippen LogP contribution in [0.5, 0.6) is 0 Å². The molecule has 0 fully saturated rings. The van der Waals surface area contributed by atoms with E-state index < -0.39 is 0 Å². The maximum atomic E-state index is 5.29. The van der Waals surface area contributed by atoms with Crippen LogP contribution in [0, 0.1) is 0 Å². The predicted molar refractivity (Wildman–Crippen MR) is 205 cm³/mol. The van der Waals surface area contributed by atoms with E-state index >= 15 is 0 Å². The smallest absolute Gasteiger partial charge is 0.166 e. The number of para-hydroxylation sites is 1. The van der Waals surface area contributed by atoms with E-state index in [1.165, 1.54) is 42.4 Å². The summed E-state index contributed by atoms with van der Waals surface area (Å²) in [6.07, 6.45) is 0. The second-order valence-electron chi connectivity index (χ2n) is 13.1. The number of rotatable bonds is 4. The molecule has 9 aromatic rings. The van der Waals surface area contributed by atoms with Crippen LogP contribution in [0.3, 0.4) is 0 Å². The molecular weight excluding hydrogens is 637 g/mol. The van der Waals surface area contributed by atoms with Gasteiger partial charge in [0.2, 0.25) is 0 Å². The van der Waals surface area contributed by atoms with Crippen molar-refractivity contribution in [2.24, 2.45) is 0 Å². The molecule has 49 heavy (non-hydrogen) atoms. The summed E-state index contributed by atoms with van der Waals surface area (Å²) < 4.78 is 3.53. The van der Waals surface area contributed by atoms with Crippen molar-refractivity contribution in [1.82, 2.24) is 19.9 Å². The first-order chi connectivity index (χ1) is 24.0. The van der Waals surface area contributed by atoms with Crippen LogP contribution in [0.1, 0.15) is 25.0 Å². The van der Waals surface area contributed by atoms with E-state index in [-0.39, 0.29) is 5.41 Å².